The van der Waals surface area contributed by atoms with Crippen LogP contribution in [0.15, 0.2) is 127 Å². The molecule has 4 aromatic rings. The molecule has 1 aliphatic rings. The Hall–Kier alpha value is -3.61. The molecule has 1 aliphatic heterocycles. The Morgan fingerprint density at radius 2 is 0.969 bits per heavy atom. The zero-order valence-electron chi connectivity index (χ0n) is 17.9. The van der Waals surface area contributed by atoms with Crippen molar-refractivity contribution < 1.29 is 9.47 Å². The van der Waals surface area contributed by atoms with Gasteiger partial charge in [-0.05, 0) is 48.5 Å². The summed E-state index contributed by atoms with van der Waals surface area (Å²) in [6.45, 7) is 0. The third-order valence-corrected chi connectivity index (χ3v) is 9.25. The van der Waals surface area contributed by atoms with Gasteiger partial charge in [0, 0.05) is 11.1 Å². The second kappa shape index (κ2) is 8.86. The molecule has 5 rings (SSSR count). The summed E-state index contributed by atoms with van der Waals surface area (Å²) in [6.07, 6.45) is 0. The highest BCUT2D eigenvalue weighted by Gasteiger charge is 2.44. The predicted molar refractivity (Wildman–Crippen MR) is 136 cm³/mol. The second-order valence-electron chi connectivity index (χ2n) is 7.63. The van der Waals surface area contributed by atoms with Gasteiger partial charge in [0.1, 0.15) is 35.3 Å². The fraction of sp³-hybridized carbons (Fsp3) is 0.0345. The lowest BCUT2D eigenvalue weighted by molar-refractivity contribution is 0.414. The molecule has 0 unspecified atom stereocenters. The molecule has 3 heteroatoms. The van der Waals surface area contributed by atoms with Crippen LogP contribution in [0.25, 0.3) is 11.5 Å². The van der Waals surface area contributed by atoms with Crippen LogP contribution in [0.3, 0.4) is 0 Å². The van der Waals surface area contributed by atoms with Crippen LogP contribution in [-0.2, 0) is 4.74 Å². The molecular weight excluding hydrogens is 411 g/mol. The van der Waals surface area contributed by atoms with Crippen LogP contribution in [0.5, 0.6) is 5.75 Å². The van der Waals surface area contributed by atoms with Crippen LogP contribution < -0.4 is 15.3 Å². The molecule has 0 radical (unpaired) electrons. The van der Waals surface area contributed by atoms with Crippen molar-refractivity contribution in [2.24, 2.45) is 0 Å². The first-order valence-electron chi connectivity index (χ1n) is 10.6. The SMILES string of the molecule is COc1ccc(C2=C[P+](c3ccccc3)(c3ccccc3)C=C(c3ccccc3)O2)cc1. The molecule has 1 heterocycles. The summed E-state index contributed by atoms with van der Waals surface area (Å²) in [5.74, 6) is 7.28. The highest BCUT2D eigenvalue weighted by Crippen LogP contribution is 2.64. The molecule has 0 aliphatic carbocycles. The summed E-state index contributed by atoms with van der Waals surface area (Å²) in [4.78, 5) is 0. The van der Waals surface area contributed by atoms with E-state index < -0.39 is 7.26 Å². The third kappa shape index (κ3) is 3.86. The van der Waals surface area contributed by atoms with Crippen LogP contribution in [0.1, 0.15) is 11.1 Å². The first-order valence-corrected chi connectivity index (χ1v) is 12.5. The molecule has 0 N–H and O–H groups in total. The first kappa shape index (κ1) is 20.3. The van der Waals surface area contributed by atoms with Gasteiger partial charge >= 0.3 is 0 Å². The van der Waals surface area contributed by atoms with E-state index in [1.165, 1.54) is 10.6 Å². The minimum Gasteiger partial charge on any atom is -0.497 e. The summed E-state index contributed by atoms with van der Waals surface area (Å²) in [6, 6.07) is 39.9. The summed E-state index contributed by atoms with van der Waals surface area (Å²) >= 11 is 0. The fourth-order valence-electron chi connectivity index (χ4n) is 4.00. The summed E-state index contributed by atoms with van der Waals surface area (Å²) in [5, 5.41) is 2.60. The maximum atomic E-state index is 6.54. The van der Waals surface area contributed by atoms with Gasteiger partial charge in [0.15, 0.2) is 11.5 Å². The molecule has 0 atom stereocenters. The highest BCUT2D eigenvalue weighted by molar-refractivity contribution is 7.95. The maximum Gasteiger partial charge on any atom is 0.170 e. The normalized spacial score (nSPS) is 14.7. The smallest absolute Gasteiger partial charge is 0.170 e. The first-order chi connectivity index (χ1) is 15.8. The quantitative estimate of drug-likeness (QED) is 0.325. The van der Waals surface area contributed by atoms with Crippen molar-refractivity contribution in [3.63, 3.8) is 0 Å². The van der Waals surface area contributed by atoms with Gasteiger partial charge in [0.2, 0.25) is 0 Å². The molecule has 0 bridgehead atoms. The third-order valence-electron chi connectivity index (χ3n) is 5.66. The lowest BCUT2D eigenvalue weighted by Gasteiger charge is -2.27. The van der Waals surface area contributed by atoms with Crippen molar-refractivity contribution >= 4 is 29.4 Å². The maximum absolute atomic E-state index is 6.54. The average molecular weight is 435 g/mol. The van der Waals surface area contributed by atoms with Gasteiger partial charge in [-0.25, -0.2) is 0 Å². The molecule has 0 saturated heterocycles. The van der Waals surface area contributed by atoms with E-state index in [1.807, 2.05) is 18.2 Å². The number of benzene rings is 4. The van der Waals surface area contributed by atoms with Crippen molar-refractivity contribution in [3.8, 4) is 5.75 Å². The minimum atomic E-state index is -2.04. The van der Waals surface area contributed by atoms with Crippen LogP contribution >= 0.6 is 7.26 Å². The number of hydrogen-bond donors (Lipinski definition) is 0. The lowest BCUT2D eigenvalue weighted by atomic mass is 10.1. The molecule has 32 heavy (non-hydrogen) atoms. The standard InChI is InChI=1S/C29H24O2P/c1-30-25-19-17-24(18-20-25)29-22-32(26-13-7-3-8-14-26,27-15-9-4-10-16-27)21-28(31-29)23-11-5-2-6-12-23/h2-22H,1H3/q+1. The summed E-state index contributed by atoms with van der Waals surface area (Å²) in [5.41, 5.74) is 2.10. The second-order valence-corrected chi connectivity index (χ2v) is 10.7. The van der Waals surface area contributed by atoms with E-state index in [4.69, 9.17) is 9.47 Å². The van der Waals surface area contributed by atoms with Crippen molar-refractivity contribution in [1.82, 2.24) is 0 Å². The Balaban J connectivity index is 1.76. The van der Waals surface area contributed by atoms with E-state index in [1.54, 1.807) is 7.11 Å². The van der Waals surface area contributed by atoms with Gasteiger partial charge in [-0.2, -0.15) is 0 Å². The monoisotopic (exact) mass is 435 g/mol. The zero-order valence-corrected chi connectivity index (χ0v) is 18.8. The molecule has 0 saturated carbocycles. The van der Waals surface area contributed by atoms with E-state index in [0.717, 1.165) is 28.4 Å². The predicted octanol–water partition coefficient (Wildman–Crippen LogP) is 6.69. The van der Waals surface area contributed by atoms with Gasteiger partial charge in [-0.3, -0.25) is 0 Å². The largest absolute Gasteiger partial charge is 0.497 e. The summed E-state index contributed by atoms with van der Waals surface area (Å²) < 4.78 is 11.9. The average Bonchev–Trinajstić information content (AvgIpc) is 2.90. The van der Waals surface area contributed by atoms with Crippen molar-refractivity contribution in [3.05, 3.63) is 138 Å². The molecule has 2 nitrogen and oxygen atoms in total. The summed E-state index contributed by atoms with van der Waals surface area (Å²) in [7, 11) is -0.354. The fourth-order valence-corrected chi connectivity index (χ4v) is 7.44. The van der Waals surface area contributed by atoms with Gasteiger partial charge < -0.3 is 9.47 Å². The molecule has 0 amide bonds. The Kier molecular flexibility index (Phi) is 5.62. The Morgan fingerprint density at radius 3 is 1.44 bits per heavy atom. The van der Waals surface area contributed by atoms with Gasteiger partial charge in [0.05, 0.1) is 7.11 Å². The van der Waals surface area contributed by atoms with Gasteiger partial charge in [-0.1, -0.05) is 66.7 Å². The van der Waals surface area contributed by atoms with E-state index in [9.17, 15) is 0 Å². The molecule has 0 fully saturated rings. The van der Waals surface area contributed by atoms with Crippen LogP contribution in [0.4, 0.5) is 0 Å². The topological polar surface area (TPSA) is 18.5 Å². The van der Waals surface area contributed by atoms with E-state index in [0.29, 0.717) is 0 Å². The number of hydrogen-bond acceptors (Lipinski definition) is 2. The minimum absolute atomic E-state index is 0.830. The van der Waals surface area contributed by atoms with E-state index >= 15 is 0 Å². The molecular formula is C29H24O2P+. The lowest BCUT2D eigenvalue weighted by Crippen LogP contribution is -2.21. The van der Waals surface area contributed by atoms with Gasteiger partial charge in [0.25, 0.3) is 0 Å². The molecule has 4 aromatic carbocycles. The van der Waals surface area contributed by atoms with Crippen LogP contribution in [0, 0.1) is 0 Å². The van der Waals surface area contributed by atoms with E-state index in [-0.39, 0.29) is 0 Å². The van der Waals surface area contributed by atoms with Crippen molar-refractivity contribution in [2.75, 3.05) is 7.11 Å². The zero-order chi connectivity index (χ0) is 21.8. The number of rotatable bonds is 5. The van der Waals surface area contributed by atoms with Crippen molar-refractivity contribution in [2.45, 2.75) is 0 Å². The Labute approximate surface area is 189 Å². The van der Waals surface area contributed by atoms with E-state index in [2.05, 4.69) is 109 Å². The molecule has 0 spiro atoms. The number of ether oxygens (including phenoxy) is 2. The molecule has 0 aromatic heterocycles. The number of methoxy groups -OCH3 is 1. The van der Waals surface area contributed by atoms with Gasteiger partial charge in [-0.15, -0.1) is 0 Å². The Morgan fingerprint density at radius 1 is 0.531 bits per heavy atom. The van der Waals surface area contributed by atoms with Crippen molar-refractivity contribution in [1.29, 1.82) is 0 Å². The Bertz CT molecular complexity index is 1210. The van der Waals surface area contributed by atoms with Crippen LogP contribution in [0.2, 0.25) is 0 Å². The van der Waals surface area contributed by atoms with Crippen LogP contribution in [-0.4, -0.2) is 7.11 Å². The molecule has 156 valence electrons. The highest BCUT2D eigenvalue weighted by atomic mass is 31.2.